The van der Waals surface area contributed by atoms with Crippen molar-refractivity contribution in [3.8, 4) is 0 Å². The number of amides is 2. The van der Waals surface area contributed by atoms with Crippen molar-refractivity contribution < 1.29 is 14.7 Å². The number of benzene rings is 3. The third-order valence-corrected chi connectivity index (χ3v) is 5.33. The predicted octanol–water partition coefficient (Wildman–Crippen LogP) is 3.89. The summed E-state index contributed by atoms with van der Waals surface area (Å²) in [4.78, 5) is 28.0. The number of aromatic carboxylic acids is 1. The number of para-hydroxylation sites is 1. The zero-order valence-electron chi connectivity index (χ0n) is 16.0. The van der Waals surface area contributed by atoms with E-state index in [4.69, 9.17) is 0 Å². The van der Waals surface area contributed by atoms with E-state index < -0.39 is 5.97 Å². The molecule has 0 saturated carbocycles. The Labute approximate surface area is 169 Å². The first-order valence-corrected chi connectivity index (χ1v) is 9.69. The van der Waals surface area contributed by atoms with Crippen LogP contribution in [0.2, 0.25) is 0 Å². The lowest BCUT2D eigenvalue weighted by Gasteiger charge is -2.35. The fraction of sp³-hybridized carbons (Fsp3) is 0.217. The Morgan fingerprint density at radius 1 is 0.862 bits per heavy atom. The van der Waals surface area contributed by atoms with Crippen LogP contribution in [0.25, 0.3) is 10.8 Å². The molecule has 0 radical (unpaired) electrons. The Kier molecular flexibility index (Phi) is 5.44. The number of rotatable bonds is 4. The zero-order valence-corrected chi connectivity index (χ0v) is 16.0. The average Bonchev–Trinajstić information content (AvgIpc) is 2.75. The second kappa shape index (κ2) is 8.32. The number of anilines is 1. The van der Waals surface area contributed by atoms with Gasteiger partial charge in [0.15, 0.2) is 0 Å². The lowest BCUT2D eigenvalue weighted by Crippen LogP contribution is -2.49. The van der Waals surface area contributed by atoms with Gasteiger partial charge in [-0.3, -0.25) is 4.90 Å². The maximum atomic E-state index is 12.6. The maximum absolute atomic E-state index is 12.6. The summed E-state index contributed by atoms with van der Waals surface area (Å²) in [5.74, 6) is -1.05. The van der Waals surface area contributed by atoms with Crippen LogP contribution in [-0.2, 0) is 6.54 Å². The quantitative estimate of drug-likeness (QED) is 0.710. The highest BCUT2D eigenvalue weighted by molar-refractivity contribution is 6.00. The molecule has 3 aromatic rings. The van der Waals surface area contributed by atoms with Gasteiger partial charge >= 0.3 is 12.0 Å². The monoisotopic (exact) mass is 389 g/mol. The Morgan fingerprint density at radius 2 is 1.55 bits per heavy atom. The summed E-state index contributed by atoms with van der Waals surface area (Å²) >= 11 is 0. The van der Waals surface area contributed by atoms with E-state index in [1.54, 1.807) is 23.1 Å². The highest BCUT2D eigenvalue weighted by Crippen LogP contribution is 2.21. The molecule has 1 heterocycles. The minimum absolute atomic E-state index is 0.0930. The number of nitrogens with zero attached hydrogens (tertiary/aromatic N) is 2. The van der Waals surface area contributed by atoms with Gasteiger partial charge in [-0.2, -0.15) is 0 Å². The third-order valence-electron chi connectivity index (χ3n) is 5.33. The van der Waals surface area contributed by atoms with Gasteiger partial charge in [0.2, 0.25) is 0 Å². The Bertz CT molecular complexity index is 1040. The van der Waals surface area contributed by atoms with Gasteiger partial charge in [0.25, 0.3) is 0 Å². The van der Waals surface area contributed by atoms with Gasteiger partial charge in [0.05, 0.1) is 11.3 Å². The minimum Gasteiger partial charge on any atom is -0.478 e. The molecule has 148 valence electrons. The normalized spacial score (nSPS) is 14.7. The molecule has 2 N–H and O–H groups in total. The largest absolute Gasteiger partial charge is 0.478 e. The number of carbonyl (C=O) groups excluding carboxylic acids is 1. The van der Waals surface area contributed by atoms with Crippen LogP contribution in [0.4, 0.5) is 10.5 Å². The number of hydrogen-bond acceptors (Lipinski definition) is 3. The van der Waals surface area contributed by atoms with Gasteiger partial charge in [0.1, 0.15) is 0 Å². The highest BCUT2D eigenvalue weighted by atomic mass is 16.4. The van der Waals surface area contributed by atoms with E-state index in [1.807, 2.05) is 6.07 Å². The number of hydrogen-bond donors (Lipinski definition) is 2. The van der Waals surface area contributed by atoms with Gasteiger partial charge < -0.3 is 15.3 Å². The third kappa shape index (κ3) is 4.22. The Morgan fingerprint density at radius 3 is 2.34 bits per heavy atom. The molecular weight excluding hydrogens is 366 g/mol. The van der Waals surface area contributed by atoms with Crippen molar-refractivity contribution in [2.45, 2.75) is 6.54 Å². The Hall–Kier alpha value is -3.38. The highest BCUT2D eigenvalue weighted by Gasteiger charge is 2.22. The number of piperazine rings is 1. The summed E-state index contributed by atoms with van der Waals surface area (Å²) in [5.41, 5.74) is 1.70. The maximum Gasteiger partial charge on any atom is 0.337 e. The Balaban J connectivity index is 1.37. The zero-order chi connectivity index (χ0) is 20.2. The average molecular weight is 389 g/mol. The summed E-state index contributed by atoms with van der Waals surface area (Å²) in [6.07, 6.45) is 0. The molecule has 0 unspecified atom stereocenters. The summed E-state index contributed by atoms with van der Waals surface area (Å²) < 4.78 is 0. The first-order chi connectivity index (χ1) is 14.1. The number of urea groups is 1. The summed E-state index contributed by atoms with van der Waals surface area (Å²) in [7, 11) is 0. The van der Waals surface area contributed by atoms with Crippen molar-refractivity contribution in [3.05, 3.63) is 77.9 Å². The minimum atomic E-state index is -1.05. The van der Waals surface area contributed by atoms with Crippen LogP contribution in [0.1, 0.15) is 15.9 Å². The molecular formula is C23H23N3O3. The molecule has 0 bridgehead atoms. The molecule has 0 aromatic heterocycles. The molecule has 0 atom stereocenters. The number of carboxylic acid groups (broad SMARTS) is 1. The molecule has 2 amide bonds. The fourth-order valence-electron chi connectivity index (χ4n) is 3.75. The number of carboxylic acids is 1. The van der Waals surface area contributed by atoms with Crippen molar-refractivity contribution in [1.82, 2.24) is 9.80 Å². The van der Waals surface area contributed by atoms with E-state index in [1.165, 1.54) is 22.4 Å². The van der Waals surface area contributed by atoms with Crippen molar-refractivity contribution in [2.75, 3.05) is 31.5 Å². The fourth-order valence-corrected chi connectivity index (χ4v) is 3.75. The van der Waals surface area contributed by atoms with Crippen molar-refractivity contribution in [1.29, 1.82) is 0 Å². The van der Waals surface area contributed by atoms with E-state index in [2.05, 4.69) is 46.6 Å². The molecule has 6 nitrogen and oxygen atoms in total. The number of nitrogens with one attached hydrogen (secondary N) is 1. The van der Waals surface area contributed by atoms with Crippen LogP contribution in [0, 0.1) is 0 Å². The molecule has 4 rings (SSSR count). The van der Waals surface area contributed by atoms with Gasteiger partial charge in [-0.05, 0) is 28.5 Å². The van der Waals surface area contributed by atoms with Crippen LogP contribution in [0.3, 0.4) is 0 Å². The molecule has 6 heteroatoms. The lowest BCUT2D eigenvalue weighted by atomic mass is 10.0. The smallest absolute Gasteiger partial charge is 0.337 e. The standard InChI is InChI=1S/C23H23N3O3/c27-22(28)20-10-3-4-11-21(20)24-23(29)26-14-12-25(13-15-26)16-18-8-5-7-17-6-1-2-9-19(17)18/h1-11H,12-16H2,(H,24,29)(H,27,28). The second-order valence-electron chi connectivity index (χ2n) is 7.18. The van der Waals surface area contributed by atoms with Gasteiger partial charge in [-0.1, -0.05) is 54.6 Å². The predicted molar refractivity (Wildman–Crippen MR) is 113 cm³/mol. The topological polar surface area (TPSA) is 72.9 Å². The van der Waals surface area contributed by atoms with Gasteiger partial charge in [-0.25, -0.2) is 9.59 Å². The van der Waals surface area contributed by atoms with Gasteiger partial charge in [-0.15, -0.1) is 0 Å². The molecule has 29 heavy (non-hydrogen) atoms. The second-order valence-corrected chi connectivity index (χ2v) is 7.18. The van der Waals surface area contributed by atoms with Crippen molar-refractivity contribution >= 4 is 28.5 Å². The summed E-state index contributed by atoms with van der Waals surface area (Å²) in [6.45, 7) is 3.60. The SMILES string of the molecule is O=C(O)c1ccccc1NC(=O)N1CCN(Cc2cccc3ccccc23)CC1. The first kappa shape index (κ1) is 19.0. The molecule has 0 spiro atoms. The van der Waals surface area contributed by atoms with Crippen LogP contribution in [-0.4, -0.2) is 53.1 Å². The summed E-state index contributed by atoms with van der Waals surface area (Å²) in [6, 6.07) is 20.9. The van der Waals surface area contributed by atoms with E-state index in [0.29, 0.717) is 18.8 Å². The van der Waals surface area contributed by atoms with Crippen molar-refractivity contribution in [2.24, 2.45) is 0 Å². The molecule has 1 saturated heterocycles. The van der Waals surface area contributed by atoms with E-state index in [0.717, 1.165) is 19.6 Å². The van der Waals surface area contributed by atoms with Gasteiger partial charge in [0, 0.05) is 32.7 Å². The lowest BCUT2D eigenvalue weighted by molar-refractivity contribution is 0.0698. The molecule has 3 aromatic carbocycles. The molecule has 1 fully saturated rings. The number of carbonyl (C=O) groups is 2. The number of fused-ring (bicyclic) bond motifs is 1. The first-order valence-electron chi connectivity index (χ1n) is 9.69. The van der Waals surface area contributed by atoms with Crippen LogP contribution in [0.5, 0.6) is 0 Å². The van der Waals surface area contributed by atoms with Crippen LogP contribution < -0.4 is 5.32 Å². The molecule has 0 aliphatic carbocycles. The van der Waals surface area contributed by atoms with E-state index in [-0.39, 0.29) is 11.6 Å². The molecule has 1 aliphatic rings. The van der Waals surface area contributed by atoms with E-state index >= 15 is 0 Å². The van der Waals surface area contributed by atoms with Crippen LogP contribution >= 0.6 is 0 Å². The summed E-state index contributed by atoms with van der Waals surface area (Å²) in [5, 5.41) is 14.5. The van der Waals surface area contributed by atoms with E-state index in [9.17, 15) is 14.7 Å². The van der Waals surface area contributed by atoms with Crippen molar-refractivity contribution in [3.63, 3.8) is 0 Å². The van der Waals surface area contributed by atoms with Crippen LogP contribution in [0.15, 0.2) is 66.7 Å². The molecule has 1 aliphatic heterocycles.